The molecule has 0 aliphatic rings. The van der Waals surface area contributed by atoms with E-state index in [2.05, 4.69) is 76.1 Å². The quantitative estimate of drug-likeness (QED) is 0.314. The highest BCUT2D eigenvalue weighted by Crippen LogP contribution is 2.30. The average Bonchev–Trinajstić information content (AvgIpc) is 2.75. The Bertz CT molecular complexity index is 981. The summed E-state index contributed by atoms with van der Waals surface area (Å²) in [6.45, 7) is 19.5. The van der Waals surface area contributed by atoms with Gasteiger partial charge >= 0.3 is 6.09 Å². The van der Waals surface area contributed by atoms with Crippen LogP contribution in [0.1, 0.15) is 79.8 Å². The third-order valence-corrected chi connectivity index (χ3v) is 6.63. The number of rotatable bonds is 12. The molecular formula is C30H47N3O3. The van der Waals surface area contributed by atoms with Gasteiger partial charge in [-0.3, -0.25) is 9.69 Å². The van der Waals surface area contributed by atoms with Gasteiger partial charge in [0.1, 0.15) is 6.04 Å². The van der Waals surface area contributed by atoms with Crippen LogP contribution in [-0.2, 0) is 4.79 Å². The standard InChI is InChI=1S/C30H47N3O3/c1-20(2)18-33(19-21(3)4)27(30(6,7)8)17-16-26(32-29(35)36)28(34)31-22(5)24-15-11-13-23-12-9-10-14-25(23)24/h9-15,20-22,26-27,32H,16-19H2,1-8H3,(H,31,34)(H,35,36)/t22-,26?,27-/m0/s1. The molecule has 0 saturated carbocycles. The first kappa shape index (κ1) is 29.6. The van der Waals surface area contributed by atoms with Crippen molar-refractivity contribution < 1.29 is 14.7 Å². The molecule has 0 spiro atoms. The number of fused-ring (bicyclic) bond motifs is 1. The molecule has 2 aromatic rings. The van der Waals surface area contributed by atoms with Gasteiger partial charge in [0, 0.05) is 19.1 Å². The van der Waals surface area contributed by atoms with Crippen molar-refractivity contribution in [1.29, 1.82) is 0 Å². The number of amides is 2. The van der Waals surface area contributed by atoms with E-state index in [1.165, 1.54) is 0 Å². The molecule has 2 amide bonds. The fourth-order valence-electron chi connectivity index (χ4n) is 5.19. The van der Waals surface area contributed by atoms with Gasteiger partial charge in [0.15, 0.2) is 0 Å². The number of nitrogens with one attached hydrogen (secondary N) is 2. The molecule has 0 aromatic heterocycles. The summed E-state index contributed by atoms with van der Waals surface area (Å²) in [4.78, 5) is 27.5. The first-order chi connectivity index (χ1) is 16.8. The highest BCUT2D eigenvalue weighted by molar-refractivity contribution is 5.88. The van der Waals surface area contributed by atoms with Crippen LogP contribution in [-0.4, -0.2) is 47.2 Å². The summed E-state index contributed by atoms with van der Waals surface area (Å²) >= 11 is 0. The van der Waals surface area contributed by atoms with Gasteiger partial charge in [-0.05, 0) is 53.4 Å². The summed E-state index contributed by atoms with van der Waals surface area (Å²) in [5, 5.41) is 17.2. The first-order valence-corrected chi connectivity index (χ1v) is 13.3. The van der Waals surface area contributed by atoms with Crippen LogP contribution < -0.4 is 10.6 Å². The maximum absolute atomic E-state index is 13.3. The van der Waals surface area contributed by atoms with Crippen LogP contribution in [0.2, 0.25) is 0 Å². The SMILES string of the molecule is CC(C)CN(CC(C)C)[C@@H](CCC(NC(=O)O)C(=O)N[C@@H](C)c1cccc2ccccc12)C(C)(C)C. The van der Waals surface area contributed by atoms with Crippen LogP contribution in [0, 0.1) is 17.3 Å². The number of benzene rings is 2. The zero-order chi connectivity index (χ0) is 27.0. The first-order valence-electron chi connectivity index (χ1n) is 13.3. The number of carbonyl (C=O) groups is 2. The molecule has 1 unspecified atom stereocenters. The number of carboxylic acid groups (broad SMARTS) is 1. The zero-order valence-corrected chi connectivity index (χ0v) is 23.5. The summed E-state index contributed by atoms with van der Waals surface area (Å²) < 4.78 is 0. The molecule has 6 heteroatoms. The summed E-state index contributed by atoms with van der Waals surface area (Å²) in [5.41, 5.74) is 1.01. The molecule has 3 N–H and O–H groups in total. The number of nitrogens with zero attached hydrogens (tertiary/aromatic N) is 1. The predicted molar refractivity (Wildman–Crippen MR) is 149 cm³/mol. The van der Waals surface area contributed by atoms with Crippen molar-refractivity contribution in [3.63, 3.8) is 0 Å². The Morgan fingerprint density at radius 3 is 2.00 bits per heavy atom. The van der Waals surface area contributed by atoms with Crippen molar-refractivity contribution >= 4 is 22.8 Å². The molecule has 200 valence electrons. The summed E-state index contributed by atoms with van der Waals surface area (Å²) in [7, 11) is 0. The minimum Gasteiger partial charge on any atom is -0.465 e. The minimum absolute atomic E-state index is 0.00965. The van der Waals surface area contributed by atoms with E-state index in [1.807, 2.05) is 37.3 Å². The van der Waals surface area contributed by atoms with E-state index in [0.29, 0.717) is 18.3 Å². The van der Waals surface area contributed by atoms with Gasteiger partial charge < -0.3 is 15.7 Å². The van der Waals surface area contributed by atoms with Crippen molar-refractivity contribution in [3.05, 3.63) is 48.0 Å². The van der Waals surface area contributed by atoms with Gasteiger partial charge in [-0.15, -0.1) is 0 Å². The summed E-state index contributed by atoms with van der Waals surface area (Å²) in [6.07, 6.45) is -0.0135. The van der Waals surface area contributed by atoms with Crippen molar-refractivity contribution in [1.82, 2.24) is 15.5 Å². The van der Waals surface area contributed by atoms with Crippen LogP contribution in [0.3, 0.4) is 0 Å². The number of carbonyl (C=O) groups excluding carboxylic acids is 1. The van der Waals surface area contributed by atoms with E-state index in [0.717, 1.165) is 35.8 Å². The Balaban J connectivity index is 2.21. The highest BCUT2D eigenvalue weighted by Gasteiger charge is 2.33. The van der Waals surface area contributed by atoms with E-state index in [9.17, 15) is 14.7 Å². The third kappa shape index (κ3) is 8.81. The van der Waals surface area contributed by atoms with E-state index >= 15 is 0 Å². The Morgan fingerprint density at radius 2 is 1.44 bits per heavy atom. The second-order valence-corrected chi connectivity index (χ2v) is 12.0. The summed E-state index contributed by atoms with van der Waals surface area (Å²) in [5.74, 6) is 0.752. The van der Waals surface area contributed by atoms with Crippen LogP contribution >= 0.6 is 0 Å². The normalized spacial score (nSPS) is 14.8. The second kappa shape index (κ2) is 13.1. The van der Waals surface area contributed by atoms with E-state index in [1.54, 1.807) is 0 Å². The lowest BCUT2D eigenvalue weighted by atomic mass is 9.81. The van der Waals surface area contributed by atoms with Gasteiger partial charge in [0.25, 0.3) is 0 Å². The molecule has 36 heavy (non-hydrogen) atoms. The smallest absolute Gasteiger partial charge is 0.405 e. The molecule has 2 aromatic carbocycles. The number of hydrogen-bond acceptors (Lipinski definition) is 3. The monoisotopic (exact) mass is 497 g/mol. The predicted octanol–water partition coefficient (Wildman–Crippen LogP) is 6.46. The lowest BCUT2D eigenvalue weighted by molar-refractivity contribution is -0.124. The maximum atomic E-state index is 13.3. The lowest BCUT2D eigenvalue weighted by Crippen LogP contribution is -2.50. The van der Waals surface area contributed by atoms with E-state index in [4.69, 9.17) is 0 Å². The van der Waals surface area contributed by atoms with E-state index in [-0.39, 0.29) is 23.4 Å². The molecular weight excluding hydrogens is 450 g/mol. The van der Waals surface area contributed by atoms with Gasteiger partial charge in [-0.25, -0.2) is 4.79 Å². The average molecular weight is 498 g/mol. The second-order valence-electron chi connectivity index (χ2n) is 12.0. The van der Waals surface area contributed by atoms with Crippen molar-refractivity contribution in [3.8, 4) is 0 Å². The molecule has 0 heterocycles. The van der Waals surface area contributed by atoms with Gasteiger partial charge in [-0.1, -0.05) is 90.9 Å². The van der Waals surface area contributed by atoms with E-state index < -0.39 is 12.1 Å². The molecule has 2 rings (SSSR count). The molecule has 0 saturated heterocycles. The van der Waals surface area contributed by atoms with Crippen LogP contribution in [0.25, 0.3) is 10.8 Å². The van der Waals surface area contributed by atoms with Gasteiger partial charge in [0.2, 0.25) is 5.91 Å². The number of hydrogen-bond donors (Lipinski definition) is 3. The van der Waals surface area contributed by atoms with Gasteiger partial charge in [-0.2, -0.15) is 0 Å². The Hall–Kier alpha value is -2.60. The molecule has 3 atom stereocenters. The third-order valence-electron chi connectivity index (χ3n) is 6.63. The maximum Gasteiger partial charge on any atom is 0.405 e. The fraction of sp³-hybridized carbons (Fsp3) is 0.600. The Morgan fingerprint density at radius 1 is 0.861 bits per heavy atom. The van der Waals surface area contributed by atoms with Crippen molar-refractivity contribution in [2.24, 2.45) is 17.3 Å². The zero-order valence-electron chi connectivity index (χ0n) is 23.5. The highest BCUT2D eigenvalue weighted by atomic mass is 16.4. The molecule has 0 fully saturated rings. The topological polar surface area (TPSA) is 81.7 Å². The minimum atomic E-state index is -1.18. The summed E-state index contributed by atoms with van der Waals surface area (Å²) in [6, 6.07) is 13.3. The van der Waals surface area contributed by atoms with Crippen LogP contribution in [0.15, 0.2) is 42.5 Å². The Kier molecular flexibility index (Phi) is 10.8. The molecule has 0 radical (unpaired) electrons. The van der Waals surface area contributed by atoms with Gasteiger partial charge in [0.05, 0.1) is 6.04 Å². The molecule has 6 nitrogen and oxygen atoms in total. The largest absolute Gasteiger partial charge is 0.465 e. The Labute approximate surface area is 217 Å². The fourth-order valence-corrected chi connectivity index (χ4v) is 5.19. The van der Waals surface area contributed by atoms with Crippen LogP contribution in [0.5, 0.6) is 0 Å². The molecule has 0 bridgehead atoms. The lowest BCUT2D eigenvalue weighted by Gasteiger charge is -2.42. The van der Waals surface area contributed by atoms with Crippen LogP contribution in [0.4, 0.5) is 4.79 Å². The molecule has 0 aliphatic heterocycles. The van der Waals surface area contributed by atoms with Crippen molar-refractivity contribution in [2.75, 3.05) is 13.1 Å². The molecule has 0 aliphatic carbocycles. The van der Waals surface area contributed by atoms with Crippen molar-refractivity contribution in [2.45, 2.75) is 86.4 Å².